The Kier molecular flexibility index (Phi) is 5.71. The predicted molar refractivity (Wildman–Crippen MR) is 86.4 cm³/mol. The highest BCUT2D eigenvalue weighted by Gasteiger charge is 2.03. The number of anilines is 3. The third-order valence-corrected chi connectivity index (χ3v) is 2.94. The molecule has 22 heavy (non-hydrogen) atoms. The number of aromatic nitrogens is 2. The first-order valence-electron chi connectivity index (χ1n) is 7.27. The van der Waals surface area contributed by atoms with Gasteiger partial charge in [0.05, 0.1) is 6.61 Å². The van der Waals surface area contributed by atoms with Crippen LogP contribution in [0.4, 0.5) is 22.0 Å². The average molecular weight is 300 g/mol. The molecule has 1 heterocycles. The third kappa shape index (κ3) is 5.05. The van der Waals surface area contributed by atoms with Crippen LogP contribution in [0, 0.1) is 6.92 Å². The Hall–Kier alpha value is -2.63. The van der Waals surface area contributed by atoms with E-state index in [2.05, 4.69) is 20.6 Å². The third-order valence-electron chi connectivity index (χ3n) is 2.94. The highest BCUT2D eigenvalue weighted by molar-refractivity contribution is 5.84. The van der Waals surface area contributed by atoms with E-state index >= 15 is 0 Å². The topological polar surface area (TPSA) is 76.1 Å². The fourth-order valence-electron chi connectivity index (χ4n) is 1.77. The molecule has 0 aliphatic heterocycles. The molecular weight excluding hydrogens is 280 g/mol. The van der Waals surface area contributed by atoms with Gasteiger partial charge in [-0.1, -0.05) is 13.3 Å². The molecule has 0 bridgehead atoms. The zero-order valence-corrected chi connectivity index (χ0v) is 12.8. The molecular formula is C16H20N4O2. The van der Waals surface area contributed by atoms with Crippen molar-refractivity contribution in [2.24, 2.45) is 0 Å². The van der Waals surface area contributed by atoms with E-state index in [9.17, 15) is 4.79 Å². The van der Waals surface area contributed by atoms with Crippen LogP contribution in [-0.4, -0.2) is 22.7 Å². The Bertz CT molecular complexity index is 614. The minimum absolute atomic E-state index is 0.430. The molecule has 0 saturated carbocycles. The Labute approximate surface area is 129 Å². The first-order chi connectivity index (χ1) is 10.7. The number of ether oxygens (including phenoxy) is 1. The Morgan fingerprint density at radius 3 is 2.59 bits per heavy atom. The van der Waals surface area contributed by atoms with Gasteiger partial charge >= 0.3 is 6.09 Å². The second-order valence-corrected chi connectivity index (χ2v) is 4.86. The van der Waals surface area contributed by atoms with Crippen LogP contribution in [-0.2, 0) is 4.74 Å². The zero-order valence-electron chi connectivity index (χ0n) is 12.8. The summed E-state index contributed by atoms with van der Waals surface area (Å²) in [6.07, 6.45) is 2.95. The average Bonchev–Trinajstić information content (AvgIpc) is 2.50. The fraction of sp³-hybridized carbons (Fsp3) is 0.312. The Morgan fingerprint density at radius 2 is 1.91 bits per heavy atom. The van der Waals surface area contributed by atoms with Crippen molar-refractivity contribution in [1.82, 2.24) is 9.97 Å². The van der Waals surface area contributed by atoms with Gasteiger partial charge in [0, 0.05) is 23.1 Å². The molecule has 1 amide bonds. The van der Waals surface area contributed by atoms with Crippen LogP contribution in [0.25, 0.3) is 0 Å². The van der Waals surface area contributed by atoms with Gasteiger partial charge in [-0.15, -0.1) is 0 Å². The first kappa shape index (κ1) is 15.8. The molecule has 0 radical (unpaired) electrons. The van der Waals surface area contributed by atoms with E-state index in [0.29, 0.717) is 12.3 Å². The second kappa shape index (κ2) is 7.97. The number of rotatable bonds is 6. The number of nitrogens with one attached hydrogen (secondary N) is 2. The van der Waals surface area contributed by atoms with Crippen molar-refractivity contribution in [2.75, 3.05) is 17.2 Å². The molecule has 2 N–H and O–H groups in total. The molecule has 1 aromatic heterocycles. The molecule has 0 aliphatic carbocycles. The molecule has 6 nitrogen and oxygen atoms in total. The molecule has 6 heteroatoms. The summed E-state index contributed by atoms with van der Waals surface area (Å²) >= 11 is 0. The van der Waals surface area contributed by atoms with Crippen molar-refractivity contribution < 1.29 is 9.53 Å². The number of carbonyl (C=O) groups is 1. The van der Waals surface area contributed by atoms with Crippen molar-refractivity contribution in [2.45, 2.75) is 26.7 Å². The zero-order chi connectivity index (χ0) is 15.8. The van der Waals surface area contributed by atoms with Crippen molar-refractivity contribution in [3.63, 3.8) is 0 Å². The van der Waals surface area contributed by atoms with Gasteiger partial charge < -0.3 is 10.1 Å². The summed E-state index contributed by atoms with van der Waals surface area (Å²) in [5.41, 5.74) is 2.46. The van der Waals surface area contributed by atoms with Crippen LogP contribution in [0.15, 0.2) is 36.7 Å². The lowest BCUT2D eigenvalue weighted by Gasteiger charge is -2.09. The van der Waals surface area contributed by atoms with Gasteiger partial charge in [0.2, 0.25) is 0 Å². The largest absolute Gasteiger partial charge is 0.449 e. The number of aryl methyl sites for hydroxylation is 1. The highest BCUT2D eigenvalue weighted by Crippen LogP contribution is 2.17. The maximum atomic E-state index is 11.5. The van der Waals surface area contributed by atoms with Gasteiger partial charge in [-0.05, 0) is 37.6 Å². The summed E-state index contributed by atoms with van der Waals surface area (Å²) < 4.78 is 5.04. The second-order valence-electron chi connectivity index (χ2n) is 4.86. The van der Waals surface area contributed by atoms with E-state index in [4.69, 9.17) is 4.74 Å². The van der Waals surface area contributed by atoms with E-state index < -0.39 is 6.09 Å². The highest BCUT2D eigenvalue weighted by atomic mass is 16.5. The molecule has 0 atom stereocenters. The first-order valence-corrected chi connectivity index (χ1v) is 7.27. The van der Waals surface area contributed by atoms with Gasteiger partial charge in [-0.25, -0.2) is 14.8 Å². The van der Waals surface area contributed by atoms with Gasteiger partial charge in [-0.2, -0.15) is 0 Å². The Balaban J connectivity index is 1.88. The molecule has 1 aromatic carbocycles. The summed E-state index contributed by atoms with van der Waals surface area (Å²) in [6, 6.07) is 9.18. The lowest BCUT2D eigenvalue weighted by molar-refractivity contribution is 0.160. The predicted octanol–water partition coefficient (Wildman–Crippen LogP) is 3.88. The van der Waals surface area contributed by atoms with E-state index in [0.717, 1.165) is 30.0 Å². The van der Waals surface area contributed by atoms with Crippen molar-refractivity contribution in [3.05, 3.63) is 42.4 Å². The van der Waals surface area contributed by atoms with Crippen LogP contribution in [0.1, 0.15) is 25.5 Å². The summed E-state index contributed by atoms with van der Waals surface area (Å²) in [5.74, 6) is 0.729. The van der Waals surface area contributed by atoms with Crippen molar-refractivity contribution in [1.29, 1.82) is 0 Å². The summed E-state index contributed by atoms with van der Waals surface area (Å²) in [6.45, 7) is 4.39. The van der Waals surface area contributed by atoms with Crippen molar-refractivity contribution >= 4 is 23.3 Å². The maximum Gasteiger partial charge on any atom is 0.411 e. The lowest BCUT2D eigenvalue weighted by atomic mass is 10.3. The molecule has 2 rings (SSSR count). The monoisotopic (exact) mass is 300 g/mol. The molecule has 0 fully saturated rings. The van der Waals surface area contributed by atoms with Gasteiger partial charge in [0.1, 0.15) is 12.1 Å². The lowest BCUT2D eigenvalue weighted by Crippen LogP contribution is -2.14. The van der Waals surface area contributed by atoms with Crippen LogP contribution in [0.2, 0.25) is 0 Å². The Morgan fingerprint density at radius 1 is 1.18 bits per heavy atom. The number of amides is 1. The number of benzene rings is 1. The van der Waals surface area contributed by atoms with Crippen LogP contribution < -0.4 is 10.6 Å². The smallest absolute Gasteiger partial charge is 0.411 e. The van der Waals surface area contributed by atoms with Crippen LogP contribution in [0.5, 0.6) is 0 Å². The molecule has 2 aromatic rings. The summed E-state index contributed by atoms with van der Waals surface area (Å²) in [5, 5.41) is 5.86. The van der Waals surface area contributed by atoms with Crippen LogP contribution in [0.3, 0.4) is 0 Å². The van der Waals surface area contributed by atoms with E-state index in [1.165, 1.54) is 6.33 Å². The number of carbonyl (C=O) groups excluding carboxylic acids is 1. The molecule has 0 unspecified atom stereocenters. The number of nitrogens with zero attached hydrogens (tertiary/aromatic N) is 2. The van der Waals surface area contributed by atoms with E-state index in [1.807, 2.05) is 32.0 Å². The van der Waals surface area contributed by atoms with Crippen LogP contribution >= 0.6 is 0 Å². The molecule has 0 saturated heterocycles. The SMILES string of the molecule is CCCCOC(=O)Nc1ccc(Nc2cc(C)ncn2)cc1. The number of hydrogen-bond donors (Lipinski definition) is 2. The van der Waals surface area contributed by atoms with Gasteiger partial charge in [0.25, 0.3) is 0 Å². The van der Waals surface area contributed by atoms with Gasteiger partial charge in [-0.3, -0.25) is 5.32 Å². The summed E-state index contributed by atoms with van der Waals surface area (Å²) in [7, 11) is 0. The molecule has 0 spiro atoms. The minimum atomic E-state index is -0.430. The van der Waals surface area contributed by atoms with Gasteiger partial charge in [0.15, 0.2) is 0 Å². The van der Waals surface area contributed by atoms with E-state index in [-0.39, 0.29) is 0 Å². The molecule has 0 aliphatic rings. The fourth-order valence-corrected chi connectivity index (χ4v) is 1.77. The quantitative estimate of drug-likeness (QED) is 0.792. The minimum Gasteiger partial charge on any atom is -0.449 e. The molecule has 116 valence electrons. The number of unbranched alkanes of at least 4 members (excludes halogenated alkanes) is 1. The normalized spacial score (nSPS) is 10.1. The standard InChI is InChI=1S/C16H20N4O2/c1-3-4-9-22-16(21)20-14-7-5-13(6-8-14)19-15-10-12(2)17-11-18-15/h5-8,10-11H,3-4,9H2,1-2H3,(H,20,21)(H,17,18,19). The maximum absolute atomic E-state index is 11.5. The van der Waals surface area contributed by atoms with Crippen molar-refractivity contribution in [3.8, 4) is 0 Å². The van der Waals surface area contributed by atoms with E-state index in [1.54, 1.807) is 12.1 Å². The summed E-state index contributed by atoms with van der Waals surface area (Å²) in [4.78, 5) is 19.7. The number of hydrogen-bond acceptors (Lipinski definition) is 5.